The van der Waals surface area contributed by atoms with Gasteiger partial charge in [-0.05, 0) is 25.8 Å². The van der Waals surface area contributed by atoms with Crippen molar-refractivity contribution >= 4 is 11.7 Å². The second-order valence-electron chi connectivity index (χ2n) is 4.82. The lowest BCUT2D eigenvalue weighted by Crippen LogP contribution is -2.46. The molecule has 1 N–H and O–H groups in total. The smallest absolute Gasteiger partial charge is 0.293 e. The minimum absolute atomic E-state index is 0.0522. The first-order chi connectivity index (χ1) is 9.65. The Morgan fingerprint density at radius 2 is 2.25 bits per heavy atom. The van der Waals surface area contributed by atoms with E-state index in [1.807, 2.05) is 11.8 Å². The normalized spacial score (nSPS) is 15.9. The van der Waals surface area contributed by atoms with E-state index in [2.05, 4.69) is 16.9 Å². The van der Waals surface area contributed by atoms with Gasteiger partial charge in [-0.2, -0.15) is 0 Å². The number of nitrogens with one attached hydrogen (secondary N) is 1. The Kier molecular flexibility index (Phi) is 4.55. The zero-order valence-electron chi connectivity index (χ0n) is 11.7. The molecule has 0 aromatic carbocycles. The lowest BCUT2D eigenvalue weighted by molar-refractivity contribution is -0.117. The van der Waals surface area contributed by atoms with Crippen LogP contribution in [0.15, 0.2) is 29.8 Å². The highest BCUT2D eigenvalue weighted by molar-refractivity contribution is 5.87. The highest BCUT2D eigenvalue weighted by Gasteiger charge is 2.22. The molecule has 0 bridgehead atoms. The molecule has 1 aromatic rings. The largest absolute Gasteiger partial charge is 0.352 e. The van der Waals surface area contributed by atoms with E-state index < -0.39 is 0 Å². The van der Waals surface area contributed by atoms with Crippen molar-refractivity contribution in [3.63, 3.8) is 0 Å². The van der Waals surface area contributed by atoms with Gasteiger partial charge in [0.15, 0.2) is 5.82 Å². The predicted octanol–water partition coefficient (Wildman–Crippen LogP) is 0.534. The predicted molar refractivity (Wildman–Crippen MR) is 77.7 cm³/mol. The minimum Gasteiger partial charge on any atom is -0.352 e. The summed E-state index contributed by atoms with van der Waals surface area (Å²) in [6.45, 7) is 7.46. The molecule has 6 nitrogen and oxygen atoms in total. The first-order valence-electron chi connectivity index (χ1n) is 6.89. The molecule has 0 unspecified atom stereocenters. The fourth-order valence-corrected chi connectivity index (χ4v) is 2.40. The average Bonchev–Trinajstić information content (AvgIpc) is 2.48. The fraction of sp³-hybridized carbons (Fsp3) is 0.500. The molecule has 0 aliphatic carbocycles. The maximum absolute atomic E-state index is 12.2. The summed E-state index contributed by atoms with van der Waals surface area (Å²) < 4.78 is 1.65. The van der Waals surface area contributed by atoms with Gasteiger partial charge in [0.1, 0.15) is 0 Å². The summed E-state index contributed by atoms with van der Waals surface area (Å²) >= 11 is 0. The van der Waals surface area contributed by atoms with Crippen molar-refractivity contribution < 1.29 is 4.79 Å². The standard InChI is InChI=1S/C14H20N4O2/c1-3-12(19)16-11-5-8-18(9-6-11)13-14(20)17(4-2)10-7-15-13/h3,7,10-11H,1,4-6,8-9H2,2H3,(H,16,19). The molecule has 1 aliphatic rings. The van der Waals surface area contributed by atoms with Crippen LogP contribution in [-0.2, 0) is 11.3 Å². The lowest BCUT2D eigenvalue weighted by atomic mass is 10.1. The highest BCUT2D eigenvalue weighted by Crippen LogP contribution is 2.14. The van der Waals surface area contributed by atoms with E-state index in [0.29, 0.717) is 12.4 Å². The van der Waals surface area contributed by atoms with E-state index >= 15 is 0 Å². The molecule has 6 heteroatoms. The minimum atomic E-state index is -0.144. The van der Waals surface area contributed by atoms with Gasteiger partial charge in [0.25, 0.3) is 5.56 Å². The second-order valence-corrected chi connectivity index (χ2v) is 4.82. The quantitative estimate of drug-likeness (QED) is 0.815. The third-order valence-electron chi connectivity index (χ3n) is 3.56. The molecule has 20 heavy (non-hydrogen) atoms. The van der Waals surface area contributed by atoms with Crippen molar-refractivity contribution in [3.05, 3.63) is 35.4 Å². The number of hydrogen-bond acceptors (Lipinski definition) is 4. The van der Waals surface area contributed by atoms with Crippen LogP contribution in [0.25, 0.3) is 0 Å². The molecular weight excluding hydrogens is 256 g/mol. The summed E-state index contributed by atoms with van der Waals surface area (Å²) in [5, 5.41) is 2.89. The van der Waals surface area contributed by atoms with E-state index in [1.165, 1.54) is 6.08 Å². The van der Waals surface area contributed by atoms with Crippen LogP contribution in [0.5, 0.6) is 0 Å². The van der Waals surface area contributed by atoms with Crippen LogP contribution in [0.3, 0.4) is 0 Å². The summed E-state index contributed by atoms with van der Waals surface area (Å²) in [6, 6.07) is 0.147. The summed E-state index contributed by atoms with van der Waals surface area (Å²) in [7, 11) is 0. The number of nitrogens with zero attached hydrogens (tertiary/aromatic N) is 3. The summed E-state index contributed by atoms with van der Waals surface area (Å²) in [5.74, 6) is 0.359. The summed E-state index contributed by atoms with van der Waals surface area (Å²) in [5.41, 5.74) is -0.0522. The number of piperidine rings is 1. The molecule has 108 valence electrons. The summed E-state index contributed by atoms with van der Waals surface area (Å²) in [6.07, 6.45) is 6.25. The van der Waals surface area contributed by atoms with Crippen LogP contribution in [0.2, 0.25) is 0 Å². The number of aromatic nitrogens is 2. The number of amides is 1. The van der Waals surface area contributed by atoms with Crippen LogP contribution >= 0.6 is 0 Å². The number of carbonyl (C=O) groups is 1. The SMILES string of the molecule is C=CC(=O)NC1CCN(c2nccn(CC)c2=O)CC1. The van der Waals surface area contributed by atoms with Gasteiger partial charge in [-0.3, -0.25) is 9.59 Å². The van der Waals surface area contributed by atoms with Crippen LogP contribution in [0.4, 0.5) is 5.82 Å². The van der Waals surface area contributed by atoms with Crippen molar-refractivity contribution in [2.24, 2.45) is 0 Å². The number of hydrogen-bond donors (Lipinski definition) is 1. The highest BCUT2D eigenvalue weighted by atomic mass is 16.1. The van der Waals surface area contributed by atoms with Gasteiger partial charge in [0.2, 0.25) is 5.91 Å². The van der Waals surface area contributed by atoms with Gasteiger partial charge in [0, 0.05) is 38.1 Å². The third-order valence-corrected chi connectivity index (χ3v) is 3.56. The van der Waals surface area contributed by atoms with Crippen molar-refractivity contribution in [2.75, 3.05) is 18.0 Å². The Labute approximate surface area is 118 Å². The number of carbonyl (C=O) groups excluding carboxylic acids is 1. The Hall–Kier alpha value is -2.11. The van der Waals surface area contributed by atoms with E-state index in [-0.39, 0.29) is 17.5 Å². The molecular formula is C14H20N4O2. The second kappa shape index (κ2) is 6.36. The molecule has 1 aliphatic heterocycles. The average molecular weight is 276 g/mol. The summed E-state index contributed by atoms with van der Waals surface area (Å²) in [4.78, 5) is 29.6. The lowest BCUT2D eigenvalue weighted by Gasteiger charge is -2.32. The van der Waals surface area contributed by atoms with Crippen LogP contribution in [-0.4, -0.2) is 34.6 Å². The molecule has 1 saturated heterocycles. The third kappa shape index (κ3) is 3.07. The number of aryl methyl sites for hydroxylation is 1. The maximum atomic E-state index is 12.2. The first-order valence-corrected chi connectivity index (χ1v) is 6.89. The van der Waals surface area contributed by atoms with Gasteiger partial charge in [-0.25, -0.2) is 4.98 Å². The zero-order valence-corrected chi connectivity index (χ0v) is 11.7. The maximum Gasteiger partial charge on any atom is 0.293 e. The molecule has 2 rings (SSSR count). The fourth-order valence-electron chi connectivity index (χ4n) is 2.40. The van der Waals surface area contributed by atoms with E-state index in [1.54, 1.807) is 17.0 Å². The zero-order chi connectivity index (χ0) is 14.5. The van der Waals surface area contributed by atoms with Crippen molar-refractivity contribution in [1.29, 1.82) is 0 Å². The van der Waals surface area contributed by atoms with E-state index in [9.17, 15) is 9.59 Å². The van der Waals surface area contributed by atoms with Gasteiger partial charge in [0.05, 0.1) is 0 Å². The van der Waals surface area contributed by atoms with Crippen molar-refractivity contribution in [3.8, 4) is 0 Å². The van der Waals surface area contributed by atoms with Gasteiger partial charge >= 0.3 is 0 Å². The van der Waals surface area contributed by atoms with Crippen molar-refractivity contribution in [1.82, 2.24) is 14.9 Å². The topological polar surface area (TPSA) is 67.2 Å². The Balaban J connectivity index is 2.02. The van der Waals surface area contributed by atoms with Crippen LogP contribution in [0.1, 0.15) is 19.8 Å². The molecule has 1 aromatic heterocycles. The van der Waals surface area contributed by atoms with Crippen LogP contribution in [0, 0.1) is 0 Å². The molecule has 1 fully saturated rings. The molecule has 1 amide bonds. The number of rotatable bonds is 4. The molecule has 0 spiro atoms. The van der Waals surface area contributed by atoms with Gasteiger partial charge in [-0.1, -0.05) is 6.58 Å². The van der Waals surface area contributed by atoms with Crippen LogP contribution < -0.4 is 15.8 Å². The Morgan fingerprint density at radius 3 is 2.85 bits per heavy atom. The first kappa shape index (κ1) is 14.3. The molecule has 0 radical (unpaired) electrons. The van der Waals surface area contributed by atoms with E-state index in [4.69, 9.17) is 0 Å². The van der Waals surface area contributed by atoms with Gasteiger partial charge in [-0.15, -0.1) is 0 Å². The molecule has 0 atom stereocenters. The Morgan fingerprint density at radius 1 is 1.55 bits per heavy atom. The Bertz CT molecular complexity index is 544. The number of anilines is 1. The van der Waals surface area contributed by atoms with Gasteiger partial charge < -0.3 is 14.8 Å². The molecule has 0 saturated carbocycles. The van der Waals surface area contributed by atoms with E-state index in [0.717, 1.165) is 25.9 Å². The monoisotopic (exact) mass is 276 g/mol. The van der Waals surface area contributed by atoms with Crippen molar-refractivity contribution in [2.45, 2.75) is 32.4 Å². The molecule has 2 heterocycles.